The molecule has 9 nitrogen and oxygen atoms in total. The average molecular weight is 598 g/mol. The van der Waals surface area contributed by atoms with Crippen molar-refractivity contribution in [1.29, 1.82) is 0 Å². The molecule has 0 saturated heterocycles. The number of hydrogen-bond donors (Lipinski definition) is 0. The van der Waals surface area contributed by atoms with Gasteiger partial charge in [0.2, 0.25) is 15.7 Å². The summed E-state index contributed by atoms with van der Waals surface area (Å²) in [6, 6.07) is 36.5. The standard InChI is InChI=1S/C28H24N3O2S2.ClHO4/c1-22-17-19-23(20-18-22)27-29-28(34-30(27)21-35(32,33)26-15-9-4-10-16-26)31(24-11-5-2-6-12-24)25-13-7-3-8-14-25;2-1(3,4)5/h2-20H,21H2,1H3;(H,2,3,4,5)/q+1;/p-1. The van der Waals surface area contributed by atoms with Gasteiger partial charge in [0.1, 0.15) is 11.5 Å². The van der Waals surface area contributed by atoms with Crippen LogP contribution in [0.5, 0.6) is 0 Å². The largest absolute Gasteiger partial charge is 0.346 e. The maximum atomic E-state index is 13.3. The topological polar surface area (TPSA) is 146 Å². The van der Waals surface area contributed by atoms with E-state index in [4.69, 9.17) is 23.6 Å². The van der Waals surface area contributed by atoms with E-state index in [9.17, 15) is 8.42 Å². The number of aryl methyl sites for hydroxylation is 1. The minimum atomic E-state index is -4.94. The zero-order chi connectivity index (χ0) is 28.8. The Hall–Kier alpha value is -3.68. The van der Waals surface area contributed by atoms with Crippen molar-refractivity contribution in [2.24, 2.45) is 0 Å². The molecule has 0 bridgehead atoms. The SMILES string of the molecule is Cc1ccc(-c2nc(N(c3ccccc3)c3ccccc3)s[n+]2CS(=O)(=O)c2ccccc2)cc1.[O-][Cl+3]([O-])([O-])[O-]. The van der Waals surface area contributed by atoms with Crippen LogP contribution in [0.25, 0.3) is 11.4 Å². The van der Waals surface area contributed by atoms with E-state index in [2.05, 4.69) is 0 Å². The highest BCUT2D eigenvalue weighted by Crippen LogP contribution is 2.36. The number of sulfone groups is 1. The van der Waals surface area contributed by atoms with E-state index in [1.807, 2.05) is 103 Å². The van der Waals surface area contributed by atoms with Gasteiger partial charge in [-0.3, -0.25) is 4.90 Å². The lowest BCUT2D eigenvalue weighted by Crippen LogP contribution is -2.68. The molecule has 206 valence electrons. The van der Waals surface area contributed by atoms with Gasteiger partial charge in [-0.2, -0.15) is 3.96 Å². The van der Waals surface area contributed by atoms with Crippen molar-refractivity contribution < 1.29 is 41.3 Å². The minimum Gasteiger partial charge on any atom is -0.263 e. The second-order valence-corrected chi connectivity index (χ2v) is 12.2. The van der Waals surface area contributed by atoms with Crippen molar-refractivity contribution in [2.45, 2.75) is 17.7 Å². The van der Waals surface area contributed by atoms with E-state index < -0.39 is 20.1 Å². The van der Waals surface area contributed by atoms with Gasteiger partial charge in [0, 0.05) is 0 Å². The molecule has 0 spiro atoms. The Kier molecular flexibility index (Phi) is 9.28. The molecule has 40 heavy (non-hydrogen) atoms. The quantitative estimate of drug-likeness (QED) is 0.257. The third kappa shape index (κ3) is 7.93. The van der Waals surface area contributed by atoms with Gasteiger partial charge in [0.25, 0.3) is 0 Å². The Morgan fingerprint density at radius 3 is 1.68 bits per heavy atom. The van der Waals surface area contributed by atoms with E-state index >= 15 is 0 Å². The lowest BCUT2D eigenvalue weighted by molar-refractivity contribution is -2.00. The fraction of sp³-hybridized carbons (Fsp3) is 0.0714. The number of para-hydroxylation sites is 2. The van der Waals surface area contributed by atoms with E-state index in [-0.39, 0.29) is 5.88 Å². The summed E-state index contributed by atoms with van der Waals surface area (Å²) in [5, 5.41) is 0.682. The van der Waals surface area contributed by atoms with E-state index in [0.717, 1.165) is 22.5 Å². The molecule has 5 rings (SSSR count). The predicted molar refractivity (Wildman–Crippen MR) is 141 cm³/mol. The highest BCUT2D eigenvalue weighted by molar-refractivity contribution is 7.90. The van der Waals surface area contributed by atoms with Crippen LogP contribution in [0, 0.1) is 17.2 Å². The molecular formula is C28H24ClN3O6S2. The lowest BCUT2D eigenvalue weighted by Gasteiger charge is -2.18. The lowest BCUT2D eigenvalue weighted by atomic mass is 10.1. The predicted octanol–water partition coefficient (Wildman–Crippen LogP) is 1.55. The van der Waals surface area contributed by atoms with Gasteiger partial charge in [-0.05, 0) is 60.4 Å². The molecule has 0 atom stereocenters. The number of benzene rings is 4. The van der Waals surface area contributed by atoms with Gasteiger partial charge >= 0.3 is 11.0 Å². The molecule has 1 aromatic heterocycles. The van der Waals surface area contributed by atoms with Crippen molar-refractivity contribution in [2.75, 3.05) is 4.90 Å². The molecule has 4 aromatic carbocycles. The first kappa shape index (κ1) is 29.3. The van der Waals surface area contributed by atoms with Crippen LogP contribution in [0.2, 0.25) is 0 Å². The van der Waals surface area contributed by atoms with Gasteiger partial charge in [-0.25, -0.2) is 27.1 Å². The van der Waals surface area contributed by atoms with Crippen LogP contribution in [0.1, 0.15) is 5.56 Å². The molecule has 0 saturated carbocycles. The Labute approximate surface area is 238 Å². The molecule has 0 N–H and O–H groups in total. The summed E-state index contributed by atoms with van der Waals surface area (Å²) in [4.78, 5) is 7.33. The number of rotatable bonds is 7. The first-order valence-electron chi connectivity index (χ1n) is 11.8. The summed E-state index contributed by atoms with van der Waals surface area (Å²) in [6.45, 7) is 2.02. The number of halogens is 1. The monoisotopic (exact) mass is 597 g/mol. The molecule has 0 aliphatic carbocycles. The smallest absolute Gasteiger partial charge is 0.263 e. The summed E-state index contributed by atoms with van der Waals surface area (Å²) < 4.78 is 62.3. The summed E-state index contributed by atoms with van der Waals surface area (Å²) in [5.74, 6) is 0.413. The molecule has 1 heterocycles. The normalized spacial score (nSPS) is 11.4. The summed E-state index contributed by atoms with van der Waals surface area (Å²) in [5.41, 5.74) is 3.88. The average Bonchev–Trinajstić information content (AvgIpc) is 3.32. The third-order valence-corrected chi connectivity index (χ3v) is 8.26. The molecule has 5 aromatic rings. The molecular weight excluding hydrogens is 574 g/mol. The molecule has 0 fully saturated rings. The van der Waals surface area contributed by atoms with Gasteiger partial charge in [0.15, 0.2) is 0 Å². The van der Waals surface area contributed by atoms with Crippen LogP contribution in [-0.2, 0) is 15.7 Å². The van der Waals surface area contributed by atoms with Crippen LogP contribution in [-0.4, -0.2) is 13.4 Å². The second-order valence-electron chi connectivity index (χ2n) is 8.50. The molecule has 0 aliphatic rings. The first-order valence-corrected chi connectivity index (χ1v) is 15.5. The van der Waals surface area contributed by atoms with Crippen molar-refractivity contribution in [1.82, 2.24) is 4.98 Å². The Morgan fingerprint density at radius 1 is 0.750 bits per heavy atom. The Bertz CT molecular complexity index is 1580. The minimum absolute atomic E-state index is 0.199. The van der Waals surface area contributed by atoms with Crippen LogP contribution in [0.3, 0.4) is 0 Å². The number of aromatic nitrogens is 2. The summed E-state index contributed by atoms with van der Waals surface area (Å²) in [6.07, 6.45) is 0. The van der Waals surface area contributed by atoms with Crippen LogP contribution < -0.4 is 27.5 Å². The van der Waals surface area contributed by atoms with Crippen LogP contribution in [0.4, 0.5) is 16.5 Å². The number of anilines is 3. The maximum absolute atomic E-state index is 13.3. The van der Waals surface area contributed by atoms with Crippen molar-refractivity contribution in [3.05, 3.63) is 121 Å². The number of hydrogen-bond acceptors (Lipinski definition) is 9. The highest BCUT2D eigenvalue weighted by Gasteiger charge is 2.31. The third-order valence-electron chi connectivity index (χ3n) is 5.55. The van der Waals surface area contributed by atoms with Gasteiger partial charge < -0.3 is 0 Å². The zero-order valence-electron chi connectivity index (χ0n) is 21.2. The van der Waals surface area contributed by atoms with Gasteiger partial charge in [-0.1, -0.05) is 72.3 Å². The van der Waals surface area contributed by atoms with Crippen LogP contribution in [0.15, 0.2) is 120 Å². The first-order chi connectivity index (χ1) is 19.0. The van der Waals surface area contributed by atoms with Crippen molar-refractivity contribution in [3.63, 3.8) is 0 Å². The van der Waals surface area contributed by atoms with Crippen LogP contribution >= 0.6 is 11.5 Å². The number of nitrogens with zero attached hydrogens (tertiary/aromatic N) is 3. The van der Waals surface area contributed by atoms with Gasteiger partial charge in [-0.15, -0.1) is 10.2 Å². The fourth-order valence-electron chi connectivity index (χ4n) is 3.78. The van der Waals surface area contributed by atoms with Crippen molar-refractivity contribution in [3.8, 4) is 11.4 Å². The van der Waals surface area contributed by atoms with Gasteiger partial charge in [0.05, 0.1) is 21.8 Å². The summed E-state index contributed by atoms with van der Waals surface area (Å²) >= 11 is 1.33. The molecule has 0 unspecified atom stereocenters. The van der Waals surface area contributed by atoms with E-state index in [1.165, 1.54) is 11.5 Å². The fourth-order valence-corrected chi connectivity index (χ4v) is 6.41. The van der Waals surface area contributed by atoms with Crippen molar-refractivity contribution >= 4 is 37.9 Å². The maximum Gasteiger partial charge on any atom is 0.346 e. The Balaban J connectivity index is 0.000000681. The molecule has 0 radical (unpaired) electrons. The highest BCUT2D eigenvalue weighted by atomic mass is 35.7. The molecule has 12 heteroatoms. The summed E-state index contributed by atoms with van der Waals surface area (Å²) in [7, 11) is -8.52. The zero-order valence-corrected chi connectivity index (χ0v) is 23.6. The second kappa shape index (κ2) is 12.7. The van der Waals surface area contributed by atoms with E-state index in [1.54, 1.807) is 28.2 Å². The Morgan fingerprint density at radius 2 is 1.20 bits per heavy atom. The molecule has 0 aliphatic heterocycles. The molecule has 0 amide bonds. The van der Waals surface area contributed by atoms with E-state index in [0.29, 0.717) is 15.9 Å².